The Morgan fingerprint density at radius 3 is 1.29 bits per heavy atom. The average molecular weight is 669 g/mol. The van der Waals surface area contributed by atoms with Crippen molar-refractivity contribution < 1.29 is 86.8 Å². The molecule has 0 aliphatic carbocycles. The van der Waals surface area contributed by atoms with Crippen molar-refractivity contribution in [1.29, 1.82) is 0 Å². The second kappa shape index (κ2) is 30.7. The Labute approximate surface area is 252 Å². The average Bonchev–Trinajstić information content (AvgIpc) is 2.71. The van der Waals surface area contributed by atoms with E-state index >= 15 is 0 Å². The van der Waals surface area contributed by atoms with Crippen molar-refractivity contribution in [2.24, 2.45) is 0 Å². The molecular formula is C25H44O6SZn3+4. The van der Waals surface area contributed by atoms with Crippen LogP contribution in [0.1, 0.15) is 115 Å². The van der Waals surface area contributed by atoms with Crippen molar-refractivity contribution in [3.8, 4) is 0 Å². The predicted octanol–water partition coefficient (Wildman–Crippen LogP) is 5.06. The number of aryl methyl sites for hydroxylation is 1. The van der Waals surface area contributed by atoms with E-state index in [9.17, 15) is 22.9 Å². The molecule has 0 saturated carbocycles. The minimum atomic E-state index is -4.27. The Morgan fingerprint density at radius 2 is 1.00 bits per heavy atom. The van der Waals surface area contributed by atoms with Crippen LogP contribution >= 0.6 is 0 Å². The van der Waals surface area contributed by atoms with Crippen LogP contribution in [0.15, 0.2) is 29.2 Å². The van der Waals surface area contributed by atoms with Gasteiger partial charge in [-0.2, -0.15) is 0 Å². The first-order chi connectivity index (χ1) is 14.8. The number of carbonyl (C=O) groups is 1. The molecule has 0 atom stereocenters. The summed E-state index contributed by atoms with van der Waals surface area (Å²) in [4.78, 5) is 10.0. The summed E-state index contributed by atoms with van der Waals surface area (Å²) in [6.45, 7) is 4.09. The van der Waals surface area contributed by atoms with Gasteiger partial charge in [0.1, 0.15) is 10.1 Å². The van der Waals surface area contributed by atoms with E-state index in [1.165, 1.54) is 95.6 Å². The first-order valence-electron chi connectivity index (χ1n) is 12.0. The molecule has 0 fully saturated rings. The summed E-state index contributed by atoms with van der Waals surface area (Å²) in [5, 5.41) is 10.2. The number of aliphatic carboxylic acids is 1. The molecule has 2 N–H and O–H groups in total. The van der Waals surface area contributed by atoms with E-state index in [-0.39, 0.29) is 75.2 Å². The van der Waals surface area contributed by atoms with Crippen molar-refractivity contribution in [3.63, 3.8) is 0 Å². The van der Waals surface area contributed by atoms with Gasteiger partial charge in [-0.05, 0) is 31.9 Å². The maximum absolute atomic E-state index is 10.4. The van der Waals surface area contributed by atoms with Gasteiger partial charge in [0.25, 0.3) is 0 Å². The normalized spacial score (nSPS) is 9.80. The maximum Gasteiger partial charge on any atom is 2.00 e. The van der Waals surface area contributed by atoms with E-state index in [1.807, 2.05) is 6.92 Å². The molecule has 0 aliphatic rings. The third-order valence-electron chi connectivity index (χ3n) is 5.29. The number of hydrogen-bond donors (Lipinski definition) is 0. The fraction of sp³-hybridized carbons (Fsp3) is 0.720. The van der Waals surface area contributed by atoms with E-state index in [4.69, 9.17) is 0 Å². The van der Waals surface area contributed by atoms with Gasteiger partial charge in [0, 0.05) is 5.97 Å². The Bertz CT molecular complexity index is 670. The Balaban J connectivity index is -0.000000172. The molecule has 1 aromatic carbocycles. The molecule has 1 aromatic rings. The molecule has 188 valence electrons. The van der Waals surface area contributed by atoms with E-state index in [2.05, 4.69) is 6.92 Å². The smallest absolute Gasteiger partial charge is 0.744 e. The molecule has 0 spiro atoms. The van der Waals surface area contributed by atoms with Crippen molar-refractivity contribution in [2.75, 3.05) is 0 Å². The Kier molecular flexibility index (Phi) is 39.7. The van der Waals surface area contributed by atoms with Crippen LogP contribution in [0, 0.1) is 6.92 Å². The van der Waals surface area contributed by atoms with Crippen molar-refractivity contribution >= 4 is 16.1 Å². The molecule has 1 rings (SSSR count). The number of rotatable bonds is 17. The third-order valence-corrected chi connectivity index (χ3v) is 6.14. The zero-order chi connectivity index (χ0) is 23.4. The number of carboxylic acid groups (broad SMARTS) is 1. The molecule has 0 unspecified atom stereocenters. The van der Waals surface area contributed by atoms with Crippen molar-refractivity contribution in [3.05, 3.63) is 29.8 Å². The quantitative estimate of drug-likeness (QED) is 0.130. The van der Waals surface area contributed by atoms with Gasteiger partial charge in [0.2, 0.25) is 0 Å². The minimum Gasteiger partial charge on any atom is -0.744 e. The minimum absolute atomic E-state index is 0. The van der Waals surface area contributed by atoms with E-state index in [0.29, 0.717) is 0 Å². The topological polar surface area (TPSA) is 129 Å². The summed E-state index contributed by atoms with van der Waals surface area (Å²) < 4.78 is 31.2. The van der Waals surface area contributed by atoms with Crippen LogP contribution in [0.2, 0.25) is 0 Å². The Morgan fingerprint density at radius 1 is 0.686 bits per heavy atom. The molecule has 0 heterocycles. The van der Waals surface area contributed by atoms with E-state index in [0.717, 1.165) is 18.4 Å². The molecule has 35 heavy (non-hydrogen) atoms. The summed E-state index contributed by atoms with van der Waals surface area (Å²) in [6, 6.07) is 5.78. The second-order valence-electron chi connectivity index (χ2n) is 8.34. The monoisotopic (exact) mass is 664 g/mol. The van der Waals surface area contributed by atoms with Crippen molar-refractivity contribution in [2.45, 2.75) is 121 Å². The fourth-order valence-electron chi connectivity index (χ4n) is 3.35. The molecule has 10 heteroatoms. The standard InChI is InChI=1S/C18H36O2.C7H8O3S.H2O.3Zn/c1-2-3-4-5-6-7-8-9-10-11-12-13-14-15-16-17-18(19)20;1-6-2-4-7(5-3-6)11(8,9)10;;;;/h2-17H2,1H3,(H,19,20);2-5H,1H3,(H,8,9,10);1H2;;;/q;;;3*+2/p-2. The fourth-order valence-corrected chi connectivity index (χ4v) is 3.82. The van der Waals surface area contributed by atoms with Crippen LogP contribution in [-0.4, -0.2) is 24.4 Å². The molecule has 0 bridgehead atoms. The molecule has 0 amide bonds. The number of benzene rings is 1. The number of carbonyl (C=O) groups excluding carboxylic acids is 1. The number of carboxylic acids is 1. The summed E-state index contributed by atoms with van der Waals surface area (Å²) >= 11 is 0. The number of hydrogen-bond acceptors (Lipinski definition) is 5. The van der Waals surface area contributed by atoms with Crippen LogP contribution in [0.5, 0.6) is 0 Å². The maximum atomic E-state index is 10.4. The first-order valence-corrected chi connectivity index (χ1v) is 13.4. The summed E-state index contributed by atoms with van der Waals surface area (Å²) in [5.74, 6) is -0.903. The Hall–Kier alpha value is 0.430. The third kappa shape index (κ3) is 32.4. The van der Waals surface area contributed by atoms with E-state index < -0.39 is 16.1 Å². The predicted molar refractivity (Wildman–Crippen MR) is 127 cm³/mol. The van der Waals surface area contributed by atoms with Crippen LogP contribution in [-0.2, 0) is 73.3 Å². The van der Waals surface area contributed by atoms with Crippen molar-refractivity contribution in [1.82, 2.24) is 0 Å². The van der Waals surface area contributed by atoms with Crippen LogP contribution in [0.4, 0.5) is 0 Å². The van der Waals surface area contributed by atoms with E-state index in [1.54, 1.807) is 12.1 Å². The van der Waals surface area contributed by atoms with Gasteiger partial charge in [-0.3, -0.25) is 0 Å². The van der Waals surface area contributed by atoms with Crippen LogP contribution in [0.25, 0.3) is 0 Å². The van der Waals surface area contributed by atoms with Crippen LogP contribution in [0.3, 0.4) is 0 Å². The van der Waals surface area contributed by atoms with Gasteiger partial charge >= 0.3 is 58.4 Å². The zero-order valence-electron chi connectivity index (χ0n) is 22.2. The largest absolute Gasteiger partial charge is 2.00 e. The molecule has 0 radical (unpaired) electrons. The molecule has 6 nitrogen and oxygen atoms in total. The summed E-state index contributed by atoms with van der Waals surface area (Å²) in [6.07, 6.45) is 19.9. The molecule has 0 saturated heterocycles. The van der Waals surface area contributed by atoms with Gasteiger partial charge in [0.15, 0.2) is 0 Å². The first kappa shape index (κ1) is 45.4. The SMILES string of the molecule is CCCCCCCCCCCCCCCCCC(=O)[O-].Cc1ccc(S(=O)(=O)[O-])cc1.O.[Zn+2].[Zn+2].[Zn+2]. The van der Waals surface area contributed by atoms with Gasteiger partial charge in [-0.15, -0.1) is 0 Å². The van der Waals surface area contributed by atoms with Gasteiger partial charge < -0.3 is 19.9 Å². The van der Waals surface area contributed by atoms with Gasteiger partial charge in [-0.25, -0.2) is 8.42 Å². The molecular weight excluding hydrogens is 625 g/mol. The second-order valence-corrected chi connectivity index (χ2v) is 9.72. The molecule has 0 aliphatic heterocycles. The van der Waals surface area contributed by atoms with Gasteiger partial charge in [-0.1, -0.05) is 115 Å². The summed E-state index contributed by atoms with van der Waals surface area (Å²) in [5.41, 5.74) is 0.928. The van der Waals surface area contributed by atoms with Crippen LogP contribution < -0.4 is 5.11 Å². The number of unbranched alkanes of at least 4 members (excludes halogenated alkanes) is 14. The zero-order valence-corrected chi connectivity index (χ0v) is 31.9. The molecule has 0 aromatic heterocycles. The van der Waals surface area contributed by atoms with Gasteiger partial charge in [0.05, 0.1) is 4.90 Å². The summed E-state index contributed by atoms with van der Waals surface area (Å²) in [7, 11) is -4.27.